The van der Waals surface area contributed by atoms with E-state index < -0.39 is 0 Å². The molecule has 14 heavy (non-hydrogen) atoms. The van der Waals surface area contributed by atoms with Crippen LogP contribution in [0, 0.1) is 0 Å². The first-order chi connectivity index (χ1) is 6.78. The Kier molecular flexibility index (Phi) is 7.89. The molecule has 0 spiro atoms. The number of aliphatic hydroxyl groups is 2. The van der Waals surface area contributed by atoms with Gasteiger partial charge in [0.1, 0.15) is 5.75 Å². The van der Waals surface area contributed by atoms with E-state index in [9.17, 15) is 0 Å². The standard InChI is InChI=1S/C9H12O2.C2H6O/c1-11-9-4-2-3-8(7-9)5-6-10;1-2-3/h2-4,7,10H,5-6H2,1H3;3H,2H2,1H3. The molecule has 0 bridgehead atoms. The fourth-order valence-electron chi connectivity index (χ4n) is 0.957. The molecule has 0 aliphatic rings. The van der Waals surface area contributed by atoms with E-state index in [1.54, 1.807) is 14.0 Å². The van der Waals surface area contributed by atoms with E-state index in [1.165, 1.54) is 0 Å². The molecule has 3 nitrogen and oxygen atoms in total. The van der Waals surface area contributed by atoms with Crippen LogP contribution in [0.3, 0.4) is 0 Å². The second-order valence-electron chi connectivity index (χ2n) is 2.64. The molecule has 0 radical (unpaired) electrons. The van der Waals surface area contributed by atoms with Crippen molar-refractivity contribution in [2.45, 2.75) is 13.3 Å². The van der Waals surface area contributed by atoms with Crippen molar-refractivity contribution < 1.29 is 14.9 Å². The van der Waals surface area contributed by atoms with Gasteiger partial charge >= 0.3 is 0 Å². The van der Waals surface area contributed by atoms with Crippen LogP contribution in [0.25, 0.3) is 0 Å². The average molecular weight is 198 g/mol. The Morgan fingerprint density at radius 1 is 1.29 bits per heavy atom. The van der Waals surface area contributed by atoms with Crippen molar-refractivity contribution in [1.29, 1.82) is 0 Å². The summed E-state index contributed by atoms with van der Waals surface area (Å²) < 4.78 is 5.02. The van der Waals surface area contributed by atoms with Crippen molar-refractivity contribution in [3.05, 3.63) is 29.8 Å². The van der Waals surface area contributed by atoms with E-state index in [4.69, 9.17) is 14.9 Å². The van der Waals surface area contributed by atoms with Crippen LogP contribution in [0.5, 0.6) is 5.75 Å². The van der Waals surface area contributed by atoms with Gasteiger partial charge in [0, 0.05) is 13.2 Å². The van der Waals surface area contributed by atoms with Gasteiger partial charge in [0.15, 0.2) is 0 Å². The van der Waals surface area contributed by atoms with Gasteiger partial charge in [-0.1, -0.05) is 12.1 Å². The van der Waals surface area contributed by atoms with Crippen molar-refractivity contribution in [3.63, 3.8) is 0 Å². The second-order valence-corrected chi connectivity index (χ2v) is 2.64. The van der Waals surface area contributed by atoms with Gasteiger partial charge in [-0.05, 0) is 31.0 Å². The maximum atomic E-state index is 8.64. The molecule has 80 valence electrons. The van der Waals surface area contributed by atoms with Crippen molar-refractivity contribution in [1.82, 2.24) is 0 Å². The molecular formula is C11H18O3. The lowest BCUT2D eigenvalue weighted by molar-refractivity contribution is 0.299. The minimum absolute atomic E-state index is 0.188. The van der Waals surface area contributed by atoms with Crippen LogP contribution >= 0.6 is 0 Å². The van der Waals surface area contributed by atoms with Crippen molar-refractivity contribution in [2.75, 3.05) is 20.3 Å². The van der Waals surface area contributed by atoms with Gasteiger partial charge in [0.05, 0.1) is 7.11 Å². The van der Waals surface area contributed by atoms with E-state index in [0.717, 1.165) is 11.3 Å². The number of aliphatic hydroxyl groups excluding tert-OH is 2. The van der Waals surface area contributed by atoms with Gasteiger partial charge in [0.25, 0.3) is 0 Å². The van der Waals surface area contributed by atoms with Crippen LogP contribution in [0.15, 0.2) is 24.3 Å². The molecule has 0 unspecified atom stereocenters. The summed E-state index contributed by atoms with van der Waals surface area (Å²) in [6, 6.07) is 7.71. The minimum atomic E-state index is 0.188. The van der Waals surface area contributed by atoms with E-state index in [1.807, 2.05) is 24.3 Å². The summed E-state index contributed by atoms with van der Waals surface area (Å²) in [6.45, 7) is 2.12. The first-order valence-electron chi connectivity index (χ1n) is 4.63. The Bertz CT molecular complexity index is 236. The van der Waals surface area contributed by atoms with Gasteiger partial charge in [-0.2, -0.15) is 0 Å². The zero-order chi connectivity index (χ0) is 10.8. The second kappa shape index (κ2) is 8.53. The number of hydrogen-bond donors (Lipinski definition) is 2. The van der Waals surface area contributed by atoms with E-state index >= 15 is 0 Å². The maximum Gasteiger partial charge on any atom is 0.119 e. The normalized spacial score (nSPS) is 8.86. The molecule has 0 saturated carbocycles. The highest BCUT2D eigenvalue weighted by atomic mass is 16.5. The predicted octanol–water partition coefficient (Wildman–Crippen LogP) is 1.23. The fourth-order valence-corrected chi connectivity index (χ4v) is 0.957. The van der Waals surface area contributed by atoms with Crippen molar-refractivity contribution in [2.24, 2.45) is 0 Å². The molecule has 0 saturated heterocycles. The molecule has 1 aromatic rings. The first kappa shape index (κ1) is 12.9. The van der Waals surface area contributed by atoms with Crippen molar-refractivity contribution in [3.8, 4) is 5.75 Å². The lowest BCUT2D eigenvalue weighted by Gasteiger charge is -2.01. The highest BCUT2D eigenvalue weighted by molar-refractivity contribution is 5.28. The number of benzene rings is 1. The lowest BCUT2D eigenvalue weighted by Crippen LogP contribution is -1.91. The highest BCUT2D eigenvalue weighted by Crippen LogP contribution is 2.12. The summed E-state index contributed by atoms with van der Waals surface area (Å²) in [4.78, 5) is 0. The van der Waals surface area contributed by atoms with Gasteiger partial charge in [-0.3, -0.25) is 0 Å². The Labute approximate surface area is 85.0 Å². The molecule has 0 fully saturated rings. The Hall–Kier alpha value is -1.06. The summed E-state index contributed by atoms with van der Waals surface area (Å²) in [6.07, 6.45) is 0.692. The van der Waals surface area contributed by atoms with Crippen LogP contribution in [-0.4, -0.2) is 30.5 Å². The van der Waals surface area contributed by atoms with Crippen LogP contribution in [-0.2, 0) is 6.42 Å². The molecule has 2 N–H and O–H groups in total. The molecule has 0 amide bonds. The molecule has 1 aromatic carbocycles. The first-order valence-corrected chi connectivity index (χ1v) is 4.63. The molecule has 0 heterocycles. The monoisotopic (exact) mass is 198 g/mol. The Morgan fingerprint density at radius 2 is 1.93 bits per heavy atom. The van der Waals surface area contributed by atoms with E-state index in [0.29, 0.717) is 6.42 Å². The Balaban J connectivity index is 0.000000500. The maximum absolute atomic E-state index is 8.64. The van der Waals surface area contributed by atoms with Gasteiger partial charge in [-0.25, -0.2) is 0 Å². The van der Waals surface area contributed by atoms with Crippen LogP contribution in [0.4, 0.5) is 0 Å². The number of hydrogen-bond acceptors (Lipinski definition) is 3. The van der Waals surface area contributed by atoms with E-state index in [-0.39, 0.29) is 13.2 Å². The molecule has 3 heteroatoms. The SMILES string of the molecule is CCO.COc1cccc(CCO)c1. The number of ether oxygens (including phenoxy) is 1. The third-order valence-electron chi connectivity index (χ3n) is 1.53. The van der Waals surface area contributed by atoms with Gasteiger partial charge in [-0.15, -0.1) is 0 Å². The summed E-state index contributed by atoms with van der Waals surface area (Å²) in [7, 11) is 1.64. The smallest absolute Gasteiger partial charge is 0.119 e. The lowest BCUT2D eigenvalue weighted by atomic mass is 10.1. The van der Waals surface area contributed by atoms with E-state index in [2.05, 4.69) is 0 Å². The molecule has 0 atom stereocenters. The van der Waals surface area contributed by atoms with Gasteiger partial charge < -0.3 is 14.9 Å². The quantitative estimate of drug-likeness (QED) is 0.768. The molecular weight excluding hydrogens is 180 g/mol. The Morgan fingerprint density at radius 3 is 2.43 bits per heavy atom. The number of methoxy groups -OCH3 is 1. The van der Waals surface area contributed by atoms with Crippen molar-refractivity contribution >= 4 is 0 Å². The summed E-state index contributed by atoms with van der Waals surface area (Å²) in [5.74, 6) is 0.843. The number of rotatable bonds is 3. The zero-order valence-corrected chi connectivity index (χ0v) is 8.73. The predicted molar refractivity (Wildman–Crippen MR) is 56.5 cm³/mol. The van der Waals surface area contributed by atoms with Crippen LogP contribution in [0.2, 0.25) is 0 Å². The third kappa shape index (κ3) is 5.56. The third-order valence-corrected chi connectivity index (χ3v) is 1.53. The summed E-state index contributed by atoms with van der Waals surface area (Å²) in [5.41, 5.74) is 1.10. The molecule has 0 aromatic heterocycles. The zero-order valence-electron chi connectivity index (χ0n) is 8.73. The topological polar surface area (TPSA) is 49.7 Å². The average Bonchev–Trinajstić information content (AvgIpc) is 2.20. The minimum Gasteiger partial charge on any atom is -0.497 e. The molecule has 0 aliphatic heterocycles. The highest BCUT2D eigenvalue weighted by Gasteiger charge is 1.93. The molecule has 0 aliphatic carbocycles. The largest absolute Gasteiger partial charge is 0.497 e. The van der Waals surface area contributed by atoms with Crippen LogP contribution in [0.1, 0.15) is 12.5 Å². The summed E-state index contributed by atoms with van der Waals surface area (Å²) in [5, 5.41) is 16.2. The van der Waals surface area contributed by atoms with Crippen LogP contribution < -0.4 is 4.74 Å². The summed E-state index contributed by atoms with van der Waals surface area (Å²) >= 11 is 0. The molecule has 1 rings (SSSR count). The fraction of sp³-hybridized carbons (Fsp3) is 0.455. The van der Waals surface area contributed by atoms with Gasteiger partial charge in [0.2, 0.25) is 0 Å².